The number of aliphatic hydroxyl groups excluding tert-OH is 2. The van der Waals surface area contributed by atoms with E-state index in [4.69, 9.17) is 0 Å². The number of allylic oxidation sites excluding steroid dienone is 9. The van der Waals surface area contributed by atoms with Crippen molar-refractivity contribution in [3.63, 3.8) is 0 Å². The lowest BCUT2D eigenvalue weighted by Gasteiger charge is -2.19. The maximum absolute atomic E-state index is 12.3. The van der Waals surface area contributed by atoms with Gasteiger partial charge in [-0.2, -0.15) is 0 Å². The van der Waals surface area contributed by atoms with Crippen LogP contribution in [-0.2, 0) is 4.79 Å². The Bertz CT molecular complexity index is 782. The molecule has 0 rings (SSSR count). The first-order valence-corrected chi connectivity index (χ1v) is 19.5. The van der Waals surface area contributed by atoms with E-state index in [0.717, 1.165) is 44.9 Å². The van der Waals surface area contributed by atoms with Gasteiger partial charge in [-0.05, 0) is 70.6 Å². The lowest BCUT2D eigenvalue weighted by atomic mass is 10.0. The molecule has 0 aromatic carbocycles. The molecule has 1 amide bonds. The quantitative estimate of drug-likeness (QED) is 0.0483. The van der Waals surface area contributed by atoms with Gasteiger partial charge in [0.05, 0.1) is 18.8 Å². The van der Waals surface area contributed by atoms with Gasteiger partial charge in [0, 0.05) is 6.42 Å². The minimum Gasteiger partial charge on any atom is -0.394 e. The highest BCUT2D eigenvalue weighted by Crippen LogP contribution is 2.13. The fraction of sp³-hybridized carbons (Fsp3) is 0.738. The lowest BCUT2D eigenvalue weighted by molar-refractivity contribution is -0.123. The normalized spacial score (nSPS) is 13.7. The first-order valence-electron chi connectivity index (χ1n) is 19.5. The summed E-state index contributed by atoms with van der Waals surface area (Å²) < 4.78 is 0. The average Bonchev–Trinajstić information content (AvgIpc) is 3.06. The fourth-order valence-electron chi connectivity index (χ4n) is 5.43. The molecule has 0 saturated carbocycles. The van der Waals surface area contributed by atoms with Gasteiger partial charge in [-0.3, -0.25) is 4.79 Å². The molecular weight excluding hydrogens is 566 g/mol. The van der Waals surface area contributed by atoms with E-state index in [1.54, 1.807) is 6.08 Å². The number of carbonyl (C=O) groups excluding carboxylic acids is 1. The van der Waals surface area contributed by atoms with E-state index in [2.05, 4.69) is 67.8 Å². The third-order valence-corrected chi connectivity index (χ3v) is 8.47. The van der Waals surface area contributed by atoms with Crippen molar-refractivity contribution in [3.05, 3.63) is 60.8 Å². The summed E-state index contributed by atoms with van der Waals surface area (Å²) in [6.45, 7) is 4.22. The van der Waals surface area contributed by atoms with Crippen LogP contribution in [0.4, 0.5) is 0 Å². The van der Waals surface area contributed by atoms with Crippen molar-refractivity contribution in [3.8, 4) is 0 Å². The van der Waals surface area contributed by atoms with Crippen molar-refractivity contribution < 1.29 is 15.0 Å². The van der Waals surface area contributed by atoms with Gasteiger partial charge >= 0.3 is 0 Å². The minimum absolute atomic E-state index is 0.0840. The molecule has 0 aliphatic carbocycles. The Morgan fingerprint density at radius 2 is 0.913 bits per heavy atom. The number of carbonyl (C=O) groups is 1. The van der Waals surface area contributed by atoms with Crippen LogP contribution in [0.25, 0.3) is 0 Å². The molecule has 2 unspecified atom stereocenters. The Hall–Kier alpha value is -1.91. The molecular formula is C42H75NO3. The summed E-state index contributed by atoms with van der Waals surface area (Å²) in [5.41, 5.74) is 0. The third kappa shape index (κ3) is 33.5. The van der Waals surface area contributed by atoms with Gasteiger partial charge in [0.1, 0.15) is 0 Å². The first-order chi connectivity index (χ1) is 22.7. The standard InChI is InChI=1S/C42H75NO3/c1-3-5-7-9-11-13-14-15-16-17-18-19-20-21-22-23-24-25-26-27-28-30-32-34-36-38-42(46)43-40(39-44)41(45)37-35-33-31-29-12-10-8-6-4-2/h12,14-15,17-18,20-21,29,35,37,40-41,44-45H,3-11,13,16,19,22-28,30-34,36,38-39H2,1-2H3,(H,43,46)/b15-14-,18-17-,21-20-,29-12+,37-35+. The summed E-state index contributed by atoms with van der Waals surface area (Å²) in [7, 11) is 0. The molecule has 0 saturated heterocycles. The molecule has 3 N–H and O–H groups in total. The molecule has 0 aromatic heterocycles. The van der Waals surface area contributed by atoms with Crippen LogP contribution in [0.3, 0.4) is 0 Å². The first kappa shape index (κ1) is 44.1. The maximum atomic E-state index is 12.3. The predicted molar refractivity (Wildman–Crippen MR) is 202 cm³/mol. The van der Waals surface area contributed by atoms with Crippen LogP contribution in [0.2, 0.25) is 0 Å². The van der Waals surface area contributed by atoms with Gasteiger partial charge in [0.2, 0.25) is 5.91 Å². The molecule has 0 radical (unpaired) electrons. The zero-order valence-corrected chi connectivity index (χ0v) is 30.3. The molecule has 266 valence electrons. The van der Waals surface area contributed by atoms with Crippen molar-refractivity contribution in [2.45, 2.75) is 193 Å². The van der Waals surface area contributed by atoms with E-state index >= 15 is 0 Å². The average molecular weight is 642 g/mol. The molecule has 0 spiro atoms. The van der Waals surface area contributed by atoms with Crippen LogP contribution < -0.4 is 5.32 Å². The highest BCUT2D eigenvalue weighted by molar-refractivity contribution is 5.76. The summed E-state index contributed by atoms with van der Waals surface area (Å²) in [5.74, 6) is -0.0840. The van der Waals surface area contributed by atoms with E-state index in [0.29, 0.717) is 6.42 Å². The van der Waals surface area contributed by atoms with E-state index < -0.39 is 12.1 Å². The molecule has 2 atom stereocenters. The van der Waals surface area contributed by atoms with Crippen molar-refractivity contribution >= 4 is 5.91 Å². The highest BCUT2D eigenvalue weighted by atomic mass is 16.3. The summed E-state index contributed by atoms with van der Waals surface area (Å²) >= 11 is 0. The van der Waals surface area contributed by atoms with E-state index in [9.17, 15) is 15.0 Å². The summed E-state index contributed by atoms with van der Waals surface area (Å²) in [5, 5.41) is 22.8. The third-order valence-electron chi connectivity index (χ3n) is 8.47. The van der Waals surface area contributed by atoms with E-state index in [-0.39, 0.29) is 12.5 Å². The van der Waals surface area contributed by atoms with E-state index in [1.807, 2.05) is 6.08 Å². The van der Waals surface area contributed by atoms with Crippen molar-refractivity contribution in [1.82, 2.24) is 5.32 Å². The Balaban J connectivity index is 3.59. The van der Waals surface area contributed by atoms with Crippen LogP contribution in [0.5, 0.6) is 0 Å². The Kier molecular flexibility index (Phi) is 36.0. The van der Waals surface area contributed by atoms with Gasteiger partial charge in [-0.15, -0.1) is 0 Å². The number of aliphatic hydroxyl groups is 2. The van der Waals surface area contributed by atoms with Crippen LogP contribution in [0.15, 0.2) is 60.8 Å². The molecule has 0 fully saturated rings. The fourth-order valence-corrected chi connectivity index (χ4v) is 5.43. The molecule has 4 nitrogen and oxygen atoms in total. The van der Waals surface area contributed by atoms with Gasteiger partial charge < -0.3 is 15.5 Å². The van der Waals surface area contributed by atoms with Crippen LogP contribution in [-0.4, -0.2) is 34.9 Å². The SMILES string of the molecule is CCCCC/C=C/CC/C=C/C(O)C(CO)NC(=O)CCCCCCCCCCCC/C=C\C/C=C\C/C=C\CCCCCCC. The van der Waals surface area contributed by atoms with Gasteiger partial charge in [0.25, 0.3) is 0 Å². The second kappa shape index (κ2) is 37.5. The summed E-state index contributed by atoms with van der Waals surface area (Å²) in [4.78, 5) is 12.3. The molecule has 0 bridgehead atoms. The van der Waals surface area contributed by atoms with Crippen molar-refractivity contribution in [2.75, 3.05) is 6.61 Å². The topological polar surface area (TPSA) is 69.6 Å². The molecule has 0 aliphatic heterocycles. The molecule has 0 aliphatic rings. The number of hydrogen-bond donors (Lipinski definition) is 3. The Morgan fingerprint density at radius 1 is 0.522 bits per heavy atom. The lowest BCUT2D eigenvalue weighted by Crippen LogP contribution is -2.45. The Morgan fingerprint density at radius 3 is 1.46 bits per heavy atom. The smallest absolute Gasteiger partial charge is 0.220 e. The predicted octanol–water partition coefficient (Wildman–Crippen LogP) is 11.8. The zero-order chi connectivity index (χ0) is 33.6. The number of amides is 1. The number of unbranched alkanes of at least 4 members (excludes halogenated alkanes) is 19. The molecule has 0 aromatic rings. The Labute approximate surface area is 286 Å². The van der Waals surface area contributed by atoms with Crippen LogP contribution in [0, 0.1) is 0 Å². The second-order valence-corrected chi connectivity index (χ2v) is 13.0. The van der Waals surface area contributed by atoms with Crippen LogP contribution in [0.1, 0.15) is 181 Å². The molecule has 0 heterocycles. The van der Waals surface area contributed by atoms with Crippen molar-refractivity contribution in [2.24, 2.45) is 0 Å². The summed E-state index contributed by atoms with van der Waals surface area (Å²) in [6, 6.07) is -0.640. The second-order valence-electron chi connectivity index (χ2n) is 13.0. The zero-order valence-electron chi connectivity index (χ0n) is 30.3. The van der Waals surface area contributed by atoms with Gasteiger partial charge in [0.15, 0.2) is 0 Å². The minimum atomic E-state index is -0.863. The number of hydrogen-bond acceptors (Lipinski definition) is 3. The van der Waals surface area contributed by atoms with Gasteiger partial charge in [-0.1, -0.05) is 164 Å². The highest BCUT2D eigenvalue weighted by Gasteiger charge is 2.17. The van der Waals surface area contributed by atoms with Crippen molar-refractivity contribution in [1.29, 1.82) is 0 Å². The van der Waals surface area contributed by atoms with Gasteiger partial charge in [-0.25, -0.2) is 0 Å². The molecule has 4 heteroatoms. The molecule has 46 heavy (non-hydrogen) atoms. The largest absolute Gasteiger partial charge is 0.394 e. The number of rotatable bonds is 34. The maximum Gasteiger partial charge on any atom is 0.220 e. The monoisotopic (exact) mass is 642 g/mol. The number of nitrogens with one attached hydrogen (secondary N) is 1. The van der Waals surface area contributed by atoms with Crippen LogP contribution >= 0.6 is 0 Å². The summed E-state index contributed by atoms with van der Waals surface area (Å²) in [6.07, 6.45) is 51.8. The van der Waals surface area contributed by atoms with E-state index in [1.165, 1.54) is 116 Å².